The topological polar surface area (TPSA) is 80.4 Å². The minimum atomic E-state index is -2.91. The van der Waals surface area contributed by atoms with Crippen molar-refractivity contribution in [3.63, 3.8) is 0 Å². The molecule has 0 saturated heterocycles. The summed E-state index contributed by atoms with van der Waals surface area (Å²) >= 11 is 0. The molecule has 200 valence electrons. The number of fused-ring (bicyclic) bond motifs is 1. The first-order valence-electron chi connectivity index (χ1n) is 13.3. The van der Waals surface area contributed by atoms with Crippen molar-refractivity contribution in [2.45, 2.75) is 25.3 Å². The summed E-state index contributed by atoms with van der Waals surface area (Å²) in [5.74, 6) is -2.80. The van der Waals surface area contributed by atoms with Gasteiger partial charge >= 0.3 is 0 Å². The zero-order valence-corrected chi connectivity index (χ0v) is 22.8. The van der Waals surface area contributed by atoms with Gasteiger partial charge in [0.25, 0.3) is 5.87 Å². The zero-order valence-electron chi connectivity index (χ0n) is 22.8. The first kappa shape index (κ1) is 26.5. The second-order valence-electron chi connectivity index (χ2n) is 10.1. The van der Waals surface area contributed by atoms with Crippen LogP contribution in [0.15, 0.2) is 121 Å². The monoisotopic (exact) mass is 537 g/mol. The molecule has 0 amide bonds. The van der Waals surface area contributed by atoms with Gasteiger partial charge in [-0.2, -0.15) is 5.10 Å². The van der Waals surface area contributed by atoms with Gasteiger partial charge in [-0.25, -0.2) is 9.67 Å². The van der Waals surface area contributed by atoms with Crippen LogP contribution in [0.5, 0.6) is 5.75 Å². The van der Waals surface area contributed by atoms with Crippen LogP contribution in [0, 0.1) is 13.8 Å². The molecule has 4 aromatic carbocycles. The normalized spacial score (nSPS) is 12.0. The number of aliphatic hydroxyl groups is 2. The number of ether oxygens (including phenoxy) is 1. The lowest BCUT2D eigenvalue weighted by Crippen LogP contribution is -2.38. The van der Waals surface area contributed by atoms with Crippen LogP contribution >= 0.6 is 0 Å². The molecule has 2 aromatic heterocycles. The summed E-state index contributed by atoms with van der Waals surface area (Å²) in [6.07, 6.45) is 1.73. The van der Waals surface area contributed by atoms with E-state index in [0.29, 0.717) is 16.7 Å². The van der Waals surface area contributed by atoms with Crippen molar-refractivity contribution in [1.29, 1.82) is 0 Å². The zero-order chi connectivity index (χ0) is 28.6. The second-order valence-corrected chi connectivity index (χ2v) is 10.1. The summed E-state index contributed by atoms with van der Waals surface area (Å²) in [4.78, 5) is 4.96. The van der Waals surface area contributed by atoms with Gasteiger partial charge in [-0.1, -0.05) is 109 Å². The Morgan fingerprint density at radius 2 is 1.27 bits per heavy atom. The molecule has 2 radical (unpaired) electrons. The van der Waals surface area contributed by atoms with E-state index < -0.39 is 11.4 Å². The van der Waals surface area contributed by atoms with E-state index in [0.717, 1.165) is 33.4 Å². The predicted octanol–water partition coefficient (Wildman–Crippen LogP) is 5.70. The summed E-state index contributed by atoms with van der Waals surface area (Å²) in [5.41, 5.74) is 6.57. The van der Waals surface area contributed by atoms with Crippen molar-refractivity contribution >= 4 is 18.9 Å². The number of benzene rings is 4. The van der Waals surface area contributed by atoms with Crippen LogP contribution in [0.1, 0.15) is 27.8 Å². The quantitative estimate of drug-likeness (QED) is 0.155. The average Bonchev–Trinajstić information content (AvgIpc) is 3.38. The third-order valence-corrected chi connectivity index (χ3v) is 7.53. The lowest BCUT2D eigenvalue weighted by molar-refractivity contribution is -0.223. The van der Waals surface area contributed by atoms with Gasteiger partial charge in [-0.15, -0.1) is 0 Å². The second kappa shape index (κ2) is 10.4. The summed E-state index contributed by atoms with van der Waals surface area (Å²) in [5, 5.41) is 25.2. The number of hydrogen-bond donors (Lipinski definition) is 2. The van der Waals surface area contributed by atoms with Gasteiger partial charge in [0, 0.05) is 11.6 Å². The van der Waals surface area contributed by atoms with Crippen LogP contribution in [-0.4, -0.2) is 38.7 Å². The van der Waals surface area contributed by atoms with E-state index in [1.165, 1.54) is 0 Å². The molecule has 0 atom stereocenters. The van der Waals surface area contributed by atoms with E-state index in [2.05, 4.69) is 36.4 Å². The van der Waals surface area contributed by atoms with E-state index in [1.807, 2.05) is 91.3 Å². The molecule has 0 aliphatic rings. The Morgan fingerprint density at radius 3 is 1.78 bits per heavy atom. The van der Waals surface area contributed by atoms with E-state index in [1.54, 1.807) is 12.3 Å². The van der Waals surface area contributed by atoms with E-state index >= 15 is 0 Å². The molecule has 6 rings (SSSR count). The predicted molar refractivity (Wildman–Crippen MR) is 161 cm³/mol. The summed E-state index contributed by atoms with van der Waals surface area (Å²) < 4.78 is 7.45. The molecule has 41 heavy (non-hydrogen) atoms. The SMILES string of the molecule is [B]C(O)(O)Oc1cc2c(cnn2C(c2ccccc2)(c2ccccc2)c2ccccc2)nc1-c1cccc(C)c1C. The van der Waals surface area contributed by atoms with Crippen molar-refractivity contribution in [3.8, 4) is 17.0 Å². The minimum absolute atomic E-state index is 0.114. The van der Waals surface area contributed by atoms with Crippen molar-refractivity contribution in [2.75, 3.05) is 0 Å². The third-order valence-electron chi connectivity index (χ3n) is 7.53. The summed E-state index contributed by atoms with van der Waals surface area (Å²) in [7, 11) is 5.54. The first-order chi connectivity index (χ1) is 19.8. The van der Waals surface area contributed by atoms with Crippen molar-refractivity contribution in [3.05, 3.63) is 149 Å². The highest BCUT2D eigenvalue weighted by Gasteiger charge is 2.40. The Morgan fingerprint density at radius 1 is 0.732 bits per heavy atom. The summed E-state index contributed by atoms with van der Waals surface area (Å²) in [6.45, 7) is 4.00. The Balaban J connectivity index is 1.72. The highest BCUT2D eigenvalue weighted by atomic mass is 16.8. The Bertz CT molecular complexity index is 1720. The standard InChI is InChI=1S/C34H28BN3O3/c1-23-13-12-20-28(24(23)2)32-31(41-34(35,39)40)21-30-29(37-32)22-36-38(30)33(25-14-6-3-7-15-25,26-16-8-4-9-17-26)27-18-10-5-11-19-27/h3-22,39-40H,1-2H3. The van der Waals surface area contributed by atoms with Gasteiger partial charge in [-0.05, 0) is 41.7 Å². The Kier molecular flexibility index (Phi) is 6.69. The van der Waals surface area contributed by atoms with Crippen LogP contribution in [0.4, 0.5) is 0 Å². The molecular weight excluding hydrogens is 509 g/mol. The molecule has 0 unspecified atom stereocenters. The molecule has 0 fully saturated rings. The molecule has 6 nitrogen and oxygen atoms in total. The molecule has 2 N–H and O–H groups in total. The largest absolute Gasteiger partial charge is 0.446 e. The lowest BCUT2D eigenvalue weighted by Gasteiger charge is -2.37. The van der Waals surface area contributed by atoms with Crippen LogP contribution in [0.3, 0.4) is 0 Å². The fraction of sp³-hybridized carbons (Fsp3) is 0.118. The smallest absolute Gasteiger partial charge is 0.259 e. The molecule has 2 heterocycles. The van der Waals surface area contributed by atoms with E-state index in [4.69, 9.17) is 22.7 Å². The van der Waals surface area contributed by atoms with Gasteiger partial charge in [-0.3, -0.25) is 0 Å². The van der Waals surface area contributed by atoms with Crippen molar-refractivity contribution in [2.24, 2.45) is 0 Å². The molecule has 0 spiro atoms. The van der Waals surface area contributed by atoms with Gasteiger partial charge in [0.2, 0.25) is 7.85 Å². The van der Waals surface area contributed by atoms with Gasteiger partial charge in [0.15, 0.2) is 5.75 Å². The third kappa shape index (κ3) is 4.69. The molecule has 0 bridgehead atoms. The van der Waals surface area contributed by atoms with E-state index in [-0.39, 0.29) is 5.75 Å². The maximum absolute atomic E-state index is 10.1. The van der Waals surface area contributed by atoms with Crippen molar-refractivity contribution < 1.29 is 14.9 Å². The van der Waals surface area contributed by atoms with E-state index in [9.17, 15) is 10.2 Å². The molecular formula is C34H28BN3O3. The number of aryl methyl sites for hydroxylation is 1. The molecule has 0 saturated carbocycles. The highest BCUT2D eigenvalue weighted by molar-refractivity contribution is 6.12. The van der Waals surface area contributed by atoms with Gasteiger partial charge < -0.3 is 14.9 Å². The van der Waals surface area contributed by atoms with Crippen LogP contribution in [-0.2, 0) is 5.54 Å². The molecule has 7 heteroatoms. The van der Waals surface area contributed by atoms with Crippen LogP contribution in [0.2, 0.25) is 0 Å². The fourth-order valence-electron chi connectivity index (χ4n) is 5.55. The first-order valence-corrected chi connectivity index (χ1v) is 13.3. The molecule has 0 aliphatic heterocycles. The van der Waals surface area contributed by atoms with Gasteiger partial charge in [0.05, 0.1) is 11.7 Å². The maximum Gasteiger partial charge on any atom is 0.259 e. The van der Waals surface area contributed by atoms with Crippen molar-refractivity contribution in [1.82, 2.24) is 14.8 Å². The Labute approximate surface area is 239 Å². The van der Waals surface area contributed by atoms with Crippen LogP contribution in [0.25, 0.3) is 22.3 Å². The molecule has 6 aromatic rings. The minimum Gasteiger partial charge on any atom is -0.446 e. The number of aromatic nitrogens is 3. The number of hydrogen-bond acceptors (Lipinski definition) is 5. The number of rotatable bonds is 7. The number of pyridine rings is 1. The lowest BCUT2D eigenvalue weighted by atomic mass is 9.77. The summed E-state index contributed by atoms with van der Waals surface area (Å²) in [6, 6.07) is 38.1. The maximum atomic E-state index is 10.1. The Hall–Kier alpha value is -4.72. The number of nitrogens with zero attached hydrogens (tertiary/aromatic N) is 3. The fourth-order valence-corrected chi connectivity index (χ4v) is 5.55. The molecule has 0 aliphatic carbocycles. The van der Waals surface area contributed by atoms with Gasteiger partial charge in [0.1, 0.15) is 16.7 Å². The van der Waals surface area contributed by atoms with Crippen LogP contribution < -0.4 is 4.74 Å². The average molecular weight is 537 g/mol. The highest BCUT2D eigenvalue weighted by Crippen LogP contribution is 2.43.